The van der Waals surface area contributed by atoms with Crippen LogP contribution in [0.15, 0.2) is 39.5 Å². The second-order valence-electron chi connectivity index (χ2n) is 3.02. The van der Waals surface area contributed by atoms with Crippen molar-refractivity contribution >= 4 is 43.5 Å². The van der Waals surface area contributed by atoms with Crippen LogP contribution in [0.25, 0.3) is 0 Å². The molecule has 0 saturated heterocycles. The quantitative estimate of drug-likeness (QED) is 0.828. The minimum atomic E-state index is 0.273. The zero-order valence-electron chi connectivity index (χ0n) is 8.03. The third kappa shape index (κ3) is 2.59. The van der Waals surface area contributed by atoms with Gasteiger partial charge in [-0.3, -0.25) is 0 Å². The lowest BCUT2D eigenvalue weighted by Crippen LogP contribution is -2.11. The molecule has 3 nitrogen and oxygen atoms in total. The van der Waals surface area contributed by atoms with E-state index in [1.165, 1.54) is 4.73 Å². The predicted octanol–water partition coefficient (Wildman–Crippen LogP) is 3.69. The van der Waals surface area contributed by atoms with Gasteiger partial charge in [0, 0.05) is 0 Å². The van der Waals surface area contributed by atoms with E-state index in [1.807, 2.05) is 30.3 Å². The summed E-state index contributed by atoms with van der Waals surface area (Å²) in [6.07, 6.45) is 0. The first-order chi connectivity index (χ1) is 7.68. The normalized spacial score (nSPS) is 10.4. The van der Waals surface area contributed by atoms with Crippen LogP contribution in [-0.2, 0) is 6.61 Å². The summed E-state index contributed by atoms with van der Waals surface area (Å²) >= 11 is 12.5. The van der Waals surface area contributed by atoms with Gasteiger partial charge in [0.1, 0.15) is 11.2 Å². The number of imidazole rings is 1. The Morgan fingerprint density at radius 3 is 2.50 bits per heavy atom. The van der Waals surface area contributed by atoms with E-state index in [0.717, 1.165) is 5.56 Å². The smallest absolute Gasteiger partial charge is 0.239 e. The van der Waals surface area contributed by atoms with E-state index in [-0.39, 0.29) is 5.28 Å². The zero-order valence-corrected chi connectivity index (χ0v) is 12.0. The molecule has 0 N–H and O–H groups in total. The van der Waals surface area contributed by atoms with Crippen molar-refractivity contribution in [3.8, 4) is 0 Å². The highest BCUT2D eigenvalue weighted by molar-refractivity contribution is 9.13. The van der Waals surface area contributed by atoms with Gasteiger partial charge in [0.05, 0.1) is 0 Å². The van der Waals surface area contributed by atoms with Crippen LogP contribution in [0.4, 0.5) is 0 Å². The first kappa shape index (κ1) is 12.0. The highest BCUT2D eigenvalue weighted by Gasteiger charge is 2.12. The Hall–Kier alpha value is -0.520. The minimum absolute atomic E-state index is 0.273. The number of nitrogens with zero attached hydrogens (tertiary/aromatic N) is 2. The van der Waals surface area contributed by atoms with E-state index >= 15 is 0 Å². The molecule has 6 heteroatoms. The van der Waals surface area contributed by atoms with Crippen molar-refractivity contribution in [2.45, 2.75) is 6.61 Å². The van der Waals surface area contributed by atoms with E-state index in [1.54, 1.807) is 0 Å². The molecule has 0 fully saturated rings. The molecular formula is C10H7Br2ClN2O. The molecule has 2 aromatic rings. The lowest BCUT2D eigenvalue weighted by atomic mass is 10.2. The molecule has 1 aromatic heterocycles. The molecule has 0 unspecified atom stereocenters. The van der Waals surface area contributed by atoms with Crippen molar-refractivity contribution in [1.29, 1.82) is 0 Å². The molecule has 1 heterocycles. The minimum Gasteiger partial charge on any atom is -0.405 e. The number of hydrogen-bond acceptors (Lipinski definition) is 2. The fourth-order valence-electron chi connectivity index (χ4n) is 1.16. The number of rotatable bonds is 3. The third-order valence-corrected chi connectivity index (χ3v) is 3.93. The average Bonchev–Trinajstić information content (AvgIpc) is 2.53. The summed E-state index contributed by atoms with van der Waals surface area (Å²) in [4.78, 5) is 9.52. The van der Waals surface area contributed by atoms with Gasteiger partial charge in [0.25, 0.3) is 0 Å². The van der Waals surface area contributed by atoms with Gasteiger partial charge in [-0.15, -0.1) is 4.73 Å². The summed E-state index contributed by atoms with van der Waals surface area (Å²) in [5.41, 5.74) is 1.07. The summed E-state index contributed by atoms with van der Waals surface area (Å²) in [5, 5.41) is 0.273. The van der Waals surface area contributed by atoms with Gasteiger partial charge in [0.15, 0.2) is 4.60 Å². The second-order valence-corrected chi connectivity index (χ2v) is 4.86. The summed E-state index contributed by atoms with van der Waals surface area (Å²) in [6.45, 7) is 0.432. The Labute approximate surface area is 115 Å². The van der Waals surface area contributed by atoms with Gasteiger partial charge >= 0.3 is 0 Å². The SMILES string of the molecule is Clc1nc(Br)c(Br)n1OCc1ccccc1. The van der Waals surface area contributed by atoms with Crippen molar-refractivity contribution in [2.75, 3.05) is 0 Å². The fourth-order valence-corrected chi connectivity index (χ4v) is 2.27. The van der Waals surface area contributed by atoms with E-state index in [2.05, 4.69) is 36.8 Å². The standard InChI is InChI=1S/C10H7Br2ClN2O/c11-8-9(12)15(10(13)14-8)16-6-7-4-2-1-3-5-7/h1-5H,6H2. The van der Waals surface area contributed by atoms with E-state index in [4.69, 9.17) is 16.4 Å². The van der Waals surface area contributed by atoms with Gasteiger partial charge < -0.3 is 4.84 Å². The van der Waals surface area contributed by atoms with E-state index < -0.39 is 0 Å². The van der Waals surface area contributed by atoms with E-state index in [9.17, 15) is 0 Å². The third-order valence-electron chi connectivity index (χ3n) is 1.91. The van der Waals surface area contributed by atoms with Crippen LogP contribution in [0, 0.1) is 0 Å². The highest BCUT2D eigenvalue weighted by atomic mass is 79.9. The molecule has 0 aliphatic heterocycles. The monoisotopic (exact) mass is 364 g/mol. The Morgan fingerprint density at radius 1 is 1.25 bits per heavy atom. The molecular weight excluding hydrogens is 359 g/mol. The summed E-state index contributed by atoms with van der Waals surface area (Å²) < 4.78 is 2.71. The van der Waals surface area contributed by atoms with Gasteiger partial charge in [-0.2, -0.15) is 0 Å². The van der Waals surface area contributed by atoms with Crippen LogP contribution in [0.5, 0.6) is 0 Å². The Morgan fingerprint density at radius 2 is 1.94 bits per heavy atom. The molecule has 0 bridgehead atoms. The summed E-state index contributed by atoms with van der Waals surface area (Å²) in [6, 6.07) is 9.83. The molecule has 2 rings (SSSR count). The van der Waals surface area contributed by atoms with Crippen LogP contribution >= 0.6 is 43.5 Å². The Bertz CT molecular complexity index is 487. The number of halogens is 3. The predicted molar refractivity (Wildman–Crippen MR) is 69.4 cm³/mol. The summed E-state index contributed by atoms with van der Waals surface area (Å²) in [7, 11) is 0. The van der Waals surface area contributed by atoms with Gasteiger partial charge in [-0.1, -0.05) is 30.3 Å². The maximum Gasteiger partial charge on any atom is 0.239 e. The lowest BCUT2D eigenvalue weighted by Gasteiger charge is -2.07. The number of benzene rings is 1. The molecule has 0 radical (unpaired) electrons. The van der Waals surface area contributed by atoms with Crippen molar-refractivity contribution in [3.63, 3.8) is 0 Å². The molecule has 0 saturated carbocycles. The highest BCUT2D eigenvalue weighted by Crippen LogP contribution is 2.25. The Kier molecular flexibility index (Phi) is 3.89. The fraction of sp³-hybridized carbons (Fsp3) is 0.100. The molecule has 16 heavy (non-hydrogen) atoms. The summed E-state index contributed by atoms with van der Waals surface area (Å²) in [5.74, 6) is 0. The largest absolute Gasteiger partial charge is 0.405 e. The maximum absolute atomic E-state index is 5.88. The molecule has 0 aliphatic carbocycles. The lowest BCUT2D eigenvalue weighted by molar-refractivity contribution is 0.0928. The molecule has 84 valence electrons. The second kappa shape index (κ2) is 5.21. The van der Waals surface area contributed by atoms with Crippen LogP contribution in [0.1, 0.15) is 5.56 Å². The van der Waals surface area contributed by atoms with Gasteiger partial charge in [-0.05, 0) is 49.0 Å². The number of hydrogen-bond donors (Lipinski definition) is 0. The first-order valence-electron chi connectivity index (χ1n) is 4.45. The number of aromatic nitrogens is 2. The van der Waals surface area contributed by atoms with Crippen molar-refractivity contribution in [2.24, 2.45) is 0 Å². The van der Waals surface area contributed by atoms with Crippen LogP contribution in [-0.4, -0.2) is 9.71 Å². The van der Waals surface area contributed by atoms with E-state index in [0.29, 0.717) is 15.8 Å². The topological polar surface area (TPSA) is 27.1 Å². The van der Waals surface area contributed by atoms with Crippen molar-refractivity contribution < 1.29 is 4.84 Å². The molecule has 0 spiro atoms. The van der Waals surface area contributed by atoms with Gasteiger partial charge in [-0.25, -0.2) is 4.98 Å². The molecule has 0 aliphatic rings. The van der Waals surface area contributed by atoms with Crippen molar-refractivity contribution in [3.05, 3.63) is 50.4 Å². The zero-order chi connectivity index (χ0) is 11.5. The van der Waals surface area contributed by atoms with Gasteiger partial charge in [0.2, 0.25) is 5.28 Å². The van der Waals surface area contributed by atoms with Crippen molar-refractivity contribution in [1.82, 2.24) is 9.71 Å². The first-order valence-corrected chi connectivity index (χ1v) is 6.41. The Balaban J connectivity index is 2.11. The maximum atomic E-state index is 5.88. The van der Waals surface area contributed by atoms with Crippen LogP contribution in [0.3, 0.4) is 0 Å². The molecule has 0 atom stereocenters. The van der Waals surface area contributed by atoms with Crippen LogP contribution < -0.4 is 4.84 Å². The van der Waals surface area contributed by atoms with Crippen LogP contribution in [0.2, 0.25) is 5.28 Å². The average molecular weight is 366 g/mol. The molecule has 0 amide bonds. The molecule has 1 aromatic carbocycles.